The lowest BCUT2D eigenvalue weighted by Gasteiger charge is -2.29. The molecule has 2 aromatic rings. The van der Waals surface area contributed by atoms with Crippen LogP contribution in [0, 0.1) is 11.7 Å². The molecule has 0 radical (unpaired) electrons. The summed E-state index contributed by atoms with van der Waals surface area (Å²) in [6.45, 7) is 4.53. The van der Waals surface area contributed by atoms with Crippen molar-refractivity contribution in [3.8, 4) is 0 Å². The van der Waals surface area contributed by atoms with E-state index in [9.17, 15) is 9.18 Å². The van der Waals surface area contributed by atoms with Gasteiger partial charge >= 0.3 is 0 Å². The van der Waals surface area contributed by atoms with Crippen molar-refractivity contribution in [3.63, 3.8) is 0 Å². The topological polar surface area (TPSA) is 54.0 Å². The molecule has 1 aromatic carbocycles. The Kier molecular flexibility index (Phi) is 5.63. The Morgan fingerprint density at radius 3 is 3.00 bits per heavy atom. The van der Waals surface area contributed by atoms with Gasteiger partial charge in [-0.3, -0.25) is 9.78 Å². The number of carbonyl (C=O) groups excluding carboxylic acids is 1. The number of pyridine rings is 1. The number of hydrogen-bond acceptors (Lipinski definition) is 3. The summed E-state index contributed by atoms with van der Waals surface area (Å²) in [5.41, 5.74) is 1.70. The highest BCUT2D eigenvalue weighted by Gasteiger charge is 2.27. The minimum absolute atomic E-state index is 0.0658. The van der Waals surface area contributed by atoms with Crippen molar-refractivity contribution in [3.05, 3.63) is 41.8 Å². The third kappa shape index (κ3) is 4.54. The first-order valence-corrected chi connectivity index (χ1v) is 9.10. The molecule has 5 heteroatoms. The Morgan fingerprint density at radius 1 is 1.36 bits per heavy atom. The molecule has 1 fully saturated rings. The molecule has 0 saturated heterocycles. The second kappa shape index (κ2) is 7.91. The zero-order valence-corrected chi connectivity index (χ0v) is 14.9. The van der Waals surface area contributed by atoms with E-state index >= 15 is 0 Å². The van der Waals surface area contributed by atoms with E-state index in [1.807, 2.05) is 26.0 Å². The molecule has 1 aliphatic carbocycles. The number of rotatable bonds is 5. The van der Waals surface area contributed by atoms with Gasteiger partial charge in [0.15, 0.2) is 0 Å². The highest BCUT2D eigenvalue weighted by atomic mass is 19.1. The number of nitrogens with one attached hydrogen (secondary N) is 2. The van der Waals surface area contributed by atoms with Gasteiger partial charge in [0.1, 0.15) is 5.82 Å². The molecule has 3 rings (SSSR count). The van der Waals surface area contributed by atoms with E-state index in [-0.39, 0.29) is 29.7 Å². The third-order valence-electron chi connectivity index (χ3n) is 4.81. The van der Waals surface area contributed by atoms with Gasteiger partial charge < -0.3 is 10.6 Å². The van der Waals surface area contributed by atoms with Crippen molar-refractivity contribution in [2.45, 2.75) is 58.2 Å². The number of amides is 1. The fourth-order valence-corrected chi connectivity index (χ4v) is 3.63. The average Bonchev–Trinajstić information content (AvgIpc) is 2.59. The van der Waals surface area contributed by atoms with E-state index in [1.165, 1.54) is 6.07 Å². The normalized spacial score (nSPS) is 20.8. The highest BCUT2D eigenvalue weighted by Crippen LogP contribution is 2.25. The van der Waals surface area contributed by atoms with Crippen LogP contribution >= 0.6 is 0 Å². The quantitative estimate of drug-likeness (QED) is 0.873. The second-order valence-electron chi connectivity index (χ2n) is 7.24. The lowest BCUT2D eigenvalue weighted by molar-refractivity contribution is -0.126. The predicted molar refractivity (Wildman–Crippen MR) is 97.6 cm³/mol. The summed E-state index contributed by atoms with van der Waals surface area (Å²) in [5.74, 6) is -0.0227. The molecule has 2 atom stereocenters. The van der Waals surface area contributed by atoms with Crippen LogP contribution in [0.3, 0.4) is 0 Å². The van der Waals surface area contributed by atoms with Crippen molar-refractivity contribution in [1.29, 1.82) is 0 Å². The minimum Gasteiger partial charge on any atom is -0.354 e. The van der Waals surface area contributed by atoms with Crippen molar-refractivity contribution in [2.24, 2.45) is 5.92 Å². The molecule has 0 spiro atoms. The van der Waals surface area contributed by atoms with Crippen LogP contribution in [0.5, 0.6) is 0 Å². The SMILES string of the molecule is CC(C)NC(=O)[C@H]1CCC[C@H](NCc2cc(F)cc3cccnc23)C1. The van der Waals surface area contributed by atoms with Gasteiger partial charge in [0.2, 0.25) is 5.91 Å². The van der Waals surface area contributed by atoms with E-state index in [0.717, 1.165) is 42.1 Å². The summed E-state index contributed by atoms with van der Waals surface area (Å²) < 4.78 is 13.8. The van der Waals surface area contributed by atoms with Crippen molar-refractivity contribution >= 4 is 16.8 Å². The Hall–Kier alpha value is -2.01. The van der Waals surface area contributed by atoms with Crippen LogP contribution in [0.2, 0.25) is 0 Å². The van der Waals surface area contributed by atoms with Crippen LogP contribution in [0.25, 0.3) is 10.9 Å². The molecular formula is C20H26FN3O. The van der Waals surface area contributed by atoms with Gasteiger partial charge in [0.05, 0.1) is 5.52 Å². The summed E-state index contributed by atoms with van der Waals surface area (Å²) >= 11 is 0. The molecule has 1 aromatic heterocycles. The molecule has 0 unspecified atom stereocenters. The van der Waals surface area contributed by atoms with Crippen LogP contribution in [0.15, 0.2) is 30.5 Å². The third-order valence-corrected chi connectivity index (χ3v) is 4.81. The molecule has 1 heterocycles. The number of aromatic nitrogens is 1. The summed E-state index contributed by atoms with van der Waals surface area (Å²) in [5, 5.41) is 7.34. The van der Waals surface area contributed by atoms with Crippen LogP contribution in [-0.4, -0.2) is 23.0 Å². The van der Waals surface area contributed by atoms with Gasteiger partial charge in [-0.15, -0.1) is 0 Å². The molecule has 4 nitrogen and oxygen atoms in total. The maximum Gasteiger partial charge on any atom is 0.223 e. The Bertz CT molecular complexity index is 747. The molecule has 1 saturated carbocycles. The maximum atomic E-state index is 13.8. The Balaban J connectivity index is 1.65. The number of hydrogen-bond donors (Lipinski definition) is 2. The summed E-state index contributed by atoms with van der Waals surface area (Å²) in [7, 11) is 0. The smallest absolute Gasteiger partial charge is 0.223 e. The van der Waals surface area contributed by atoms with E-state index < -0.39 is 0 Å². The predicted octanol–water partition coefficient (Wildman–Crippen LogP) is 3.55. The summed E-state index contributed by atoms with van der Waals surface area (Å²) in [4.78, 5) is 16.6. The molecule has 25 heavy (non-hydrogen) atoms. The molecule has 1 amide bonds. The number of carbonyl (C=O) groups is 1. The van der Waals surface area contributed by atoms with Gasteiger partial charge in [-0.2, -0.15) is 0 Å². The first-order valence-electron chi connectivity index (χ1n) is 9.10. The zero-order chi connectivity index (χ0) is 17.8. The zero-order valence-electron chi connectivity index (χ0n) is 14.9. The number of benzene rings is 1. The van der Waals surface area contributed by atoms with Gasteiger partial charge in [-0.25, -0.2) is 4.39 Å². The van der Waals surface area contributed by atoms with Gasteiger partial charge in [0.25, 0.3) is 0 Å². The van der Waals surface area contributed by atoms with Crippen molar-refractivity contribution < 1.29 is 9.18 Å². The standard InChI is InChI=1S/C20H26FN3O/c1-13(2)24-20(25)15-5-3-7-18(11-15)23-12-16-10-17(21)9-14-6-4-8-22-19(14)16/h4,6,8-10,13,15,18,23H,3,5,7,11-12H2,1-2H3,(H,24,25)/t15-,18-/m0/s1. The molecule has 2 N–H and O–H groups in total. The fraction of sp³-hybridized carbons (Fsp3) is 0.500. The fourth-order valence-electron chi connectivity index (χ4n) is 3.63. The summed E-state index contributed by atoms with van der Waals surface area (Å²) in [6.07, 6.45) is 5.60. The van der Waals surface area contributed by atoms with Crippen molar-refractivity contribution in [1.82, 2.24) is 15.6 Å². The van der Waals surface area contributed by atoms with E-state index in [4.69, 9.17) is 0 Å². The monoisotopic (exact) mass is 343 g/mol. The first kappa shape index (κ1) is 17.8. The number of halogens is 1. The van der Waals surface area contributed by atoms with Crippen LogP contribution in [0.4, 0.5) is 4.39 Å². The van der Waals surface area contributed by atoms with Crippen molar-refractivity contribution in [2.75, 3.05) is 0 Å². The van der Waals surface area contributed by atoms with E-state index in [0.29, 0.717) is 6.54 Å². The largest absolute Gasteiger partial charge is 0.354 e. The Morgan fingerprint density at radius 2 is 2.20 bits per heavy atom. The van der Waals surface area contributed by atoms with Gasteiger partial charge in [-0.05, 0) is 56.9 Å². The highest BCUT2D eigenvalue weighted by molar-refractivity contribution is 5.81. The lowest BCUT2D eigenvalue weighted by atomic mass is 9.85. The van der Waals surface area contributed by atoms with Crippen LogP contribution in [-0.2, 0) is 11.3 Å². The van der Waals surface area contributed by atoms with Crippen LogP contribution in [0.1, 0.15) is 45.1 Å². The van der Waals surface area contributed by atoms with E-state index in [1.54, 1.807) is 12.3 Å². The number of nitrogens with zero attached hydrogens (tertiary/aromatic N) is 1. The first-order chi connectivity index (χ1) is 12.0. The van der Waals surface area contributed by atoms with Gasteiger partial charge in [-0.1, -0.05) is 12.5 Å². The molecule has 0 bridgehead atoms. The minimum atomic E-state index is -0.241. The molecular weight excluding hydrogens is 317 g/mol. The van der Waals surface area contributed by atoms with Gasteiger partial charge in [0, 0.05) is 36.1 Å². The molecule has 1 aliphatic rings. The van der Waals surface area contributed by atoms with E-state index in [2.05, 4.69) is 15.6 Å². The second-order valence-corrected chi connectivity index (χ2v) is 7.24. The average molecular weight is 343 g/mol. The molecule has 0 aliphatic heterocycles. The Labute approximate surface area is 148 Å². The summed E-state index contributed by atoms with van der Waals surface area (Å²) in [6, 6.07) is 7.21. The van der Waals surface area contributed by atoms with Crippen LogP contribution < -0.4 is 10.6 Å². The maximum absolute atomic E-state index is 13.8. The lowest BCUT2D eigenvalue weighted by Crippen LogP contribution is -2.42. The molecule has 134 valence electrons. The number of fused-ring (bicyclic) bond motifs is 1.